The van der Waals surface area contributed by atoms with E-state index in [2.05, 4.69) is 6.58 Å². The lowest BCUT2D eigenvalue weighted by Crippen LogP contribution is -2.35. The highest BCUT2D eigenvalue weighted by Gasteiger charge is 2.38. The highest BCUT2D eigenvalue weighted by molar-refractivity contribution is 5.76. The zero-order valence-corrected chi connectivity index (χ0v) is 8.66. The summed E-state index contributed by atoms with van der Waals surface area (Å²) in [6.45, 7) is 5.68. The van der Waals surface area contributed by atoms with Crippen LogP contribution in [0.15, 0.2) is 12.7 Å². The van der Waals surface area contributed by atoms with E-state index < -0.39 is 5.41 Å². The summed E-state index contributed by atoms with van der Waals surface area (Å²) in [5.41, 5.74) is -0.401. The Balaban J connectivity index is 2.48. The minimum Gasteiger partial charge on any atom is -0.461 e. The summed E-state index contributed by atoms with van der Waals surface area (Å²) in [6.07, 6.45) is 4.14. The van der Waals surface area contributed by atoms with Crippen LogP contribution < -0.4 is 0 Å². The highest BCUT2D eigenvalue weighted by Crippen LogP contribution is 2.36. The van der Waals surface area contributed by atoms with Gasteiger partial charge in [-0.05, 0) is 32.6 Å². The van der Waals surface area contributed by atoms with Crippen molar-refractivity contribution in [3.63, 3.8) is 0 Å². The molecule has 80 valence electrons. The minimum absolute atomic E-state index is 0.163. The van der Waals surface area contributed by atoms with Crippen LogP contribution in [0, 0.1) is 5.41 Å². The molecule has 0 aromatic rings. The molecule has 0 aromatic carbocycles. The van der Waals surface area contributed by atoms with Crippen molar-refractivity contribution in [1.82, 2.24) is 0 Å². The Hall–Kier alpha value is -0.830. The number of rotatable bonds is 3. The Morgan fingerprint density at radius 3 is 2.71 bits per heavy atom. The predicted octanol–water partition coefficient (Wildman–Crippen LogP) is 1.66. The highest BCUT2D eigenvalue weighted by atomic mass is 16.5. The van der Waals surface area contributed by atoms with Gasteiger partial charge in [0, 0.05) is 0 Å². The molecule has 0 atom stereocenters. The van der Waals surface area contributed by atoms with Crippen molar-refractivity contribution in [2.45, 2.75) is 38.7 Å². The van der Waals surface area contributed by atoms with Crippen LogP contribution in [0.3, 0.4) is 0 Å². The van der Waals surface area contributed by atoms with E-state index in [1.165, 1.54) is 0 Å². The van der Waals surface area contributed by atoms with Crippen LogP contribution in [-0.2, 0) is 9.53 Å². The third-order valence-electron chi connectivity index (χ3n) is 2.88. The van der Waals surface area contributed by atoms with E-state index in [0.717, 1.165) is 0 Å². The third-order valence-corrected chi connectivity index (χ3v) is 2.88. The maximum Gasteiger partial charge on any atom is 0.312 e. The van der Waals surface area contributed by atoms with Crippen molar-refractivity contribution in [3.8, 4) is 0 Å². The van der Waals surface area contributed by atoms with Gasteiger partial charge in [0.1, 0.15) is 6.61 Å². The van der Waals surface area contributed by atoms with Crippen LogP contribution in [0.5, 0.6) is 0 Å². The molecule has 14 heavy (non-hydrogen) atoms. The summed E-state index contributed by atoms with van der Waals surface area (Å²) in [5, 5.41) is 9.33. The van der Waals surface area contributed by atoms with Gasteiger partial charge in [0.25, 0.3) is 0 Å². The lowest BCUT2D eigenvalue weighted by molar-refractivity contribution is -0.156. The fourth-order valence-electron chi connectivity index (χ4n) is 1.75. The Morgan fingerprint density at radius 1 is 1.64 bits per heavy atom. The quantitative estimate of drug-likeness (QED) is 0.554. The van der Waals surface area contributed by atoms with Gasteiger partial charge in [0.15, 0.2) is 0 Å². The molecule has 0 aliphatic heterocycles. The number of hydrogen-bond acceptors (Lipinski definition) is 3. The van der Waals surface area contributed by atoms with Gasteiger partial charge in [-0.3, -0.25) is 4.79 Å². The first-order valence-electron chi connectivity index (χ1n) is 5.05. The van der Waals surface area contributed by atoms with Gasteiger partial charge < -0.3 is 9.84 Å². The molecule has 1 rings (SSSR count). The van der Waals surface area contributed by atoms with Crippen molar-refractivity contribution in [3.05, 3.63) is 12.7 Å². The van der Waals surface area contributed by atoms with Crippen LogP contribution in [0.2, 0.25) is 0 Å². The lowest BCUT2D eigenvalue weighted by Gasteiger charge is -2.33. The average molecular weight is 198 g/mol. The molecule has 1 aliphatic rings. The number of hydrogen-bond donors (Lipinski definition) is 1. The minimum atomic E-state index is -0.401. The molecular formula is C11H18O3. The number of carbonyl (C=O) groups is 1. The number of ether oxygens (including phenoxy) is 1. The van der Waals surface area contributed by atoms with E-state index in [9.17, 15) is 9.90 Å². The topological polar surface area (TPSA) is 46.5 Å². The van der Waals surface area contributed by atoms with E-state index in [4.69, 9.17) is 4.74 Å². The molecule has 3 nitrogen and oxygen atoms in total. The number of aliphatic hydroxyl groups is 1. The molecule has 0 bridgehead atoms. The van der Waals surface area contributed by atoms with Crippen LogP contribution in [-0.4, -0.2) is 23.8 Å². The van der Waals surface area contributed by atoms with Crippen molar-refractivity contribution in [1.29, 1.82) is 0 Å². The first kappa shape index (κ1) is 11.2. The van der Waals surface area contributed by atoms with Gasteiger partial charge in [-0.15, -0.1) is 0 Å². The molecule has 1 N–H and O–H groups in total. The lowest BCUT2D eigenvalue weighted by atomic mass is 9.75. The summed E-state index contributed by atoms with van der Waals surface area (Å²) in [6, 6.07) is 0. The Morgan fingerprint density at radius 2 is 2.21 bits per heavy atom. The van der Waals surface area contributed by atoms with Crippen LogP contribution in [0.4, 0.5) is 0 Å². The molecule has 0 heterocycles. The molecule has 0 amide bonds. The molecule has 1 saturated carbocycles. The third kappa shape index (κ3) is 2.58. The zero-order valence-electron chi connectivity index (χ0n) is 8.66. The van der Waals surface area contributed by atoms with Gasteiger partial charge in [-0.2, -0.15) is 0 Å². The van der Waals surface area contributed by atoms with Crippen molar-refractivity contribution < 1.29 is 14.6 Å². The second-order valence-electron chi connectivity index (χ2n) is 4.18. The molecule has 1 aliphatic carbocycles. The van der Waals surface area contributed by atoms with Gasteiger partial charge >= 0.3 is 5.97 Å². The predicted molar refractivity (Wildman–Crippen MR) is 53.7 cm³/mol. The molecule has 3 heteroatoms. The number of carbonyl (C=O) groups excluding carboxylic acids is 1. The molecule has 1 fully saturated rings. The SMILES string of the molecule is C=CCOC(=O)C1(C)CCC(O)CC1. The first-order valence-corrected chi connectivity index (χ1v) is 5.05. The Labute approximate surface area is 84.8 Å². The van der Waals surface area contributed by atoms with Crippen LogP contribution in [0.1, 0.15) is 32.6 Å². The zero-order chi connectivity index (χ0) is 10.6. The standard InChI is InChI=1S/C11H18O3/c1-3-8-14-10(13)11(2)6-4-9(12)5-7-11/h3,9,12H,1,4-8H2,2H3. The molecule has 0 aromatic heterocycles. The fraction of sp³-hybridized carbons (Fsp3) is 0.727. The second-order valence-corrected chi connectivity index (χ2v) is 4.18. The van der Waals surface area contributed by atoms with E-state index in [0.29, 0.717) is 25.7 Å². The number of aliphatic hydroxyl groups excluding tert-OH is 1. The Bertz CT molecular complexity index is 215. The van der Waals surface area contributed by atoms with Crippen molar-refractivity contribution in [2.24, 2.45) is 5.41 Å². The van der Waals surface area contributed by atoms with E-state index in [1.807, 2.05) is 6.92 Å². The summed E-state index contributed by atoms with van der Waals surface area (Å²) >= 11 is 0. The fourth-order valence-corrected chi connectivity index (χ4v) is 1.75. The summed E-state index contributed by atoms with van der Waals surface area (Å²) in [5.74, 6) is -0.163. The van der Waals surface area contributed by atoms with Crippen LogP contribution in [0.25, 0.3) is 0 Å². The monoisotopic (exact) mass is 198 g/mol. The van der Waals surface area contributed by atoms with Gasteiger partial charge in [0.05, 0.1) is 11.5 Å². The van der Waals surface area contributed by atoms with Crippen LogP contribution >= 0.6 is 0 Å². The summed E-state index contributed by atoms with van der Waals surface area (Å²) in [4.78, 5) is 11.6. The molecule has 0 radical (unpaired) electrons. The molecule has 0 unspecified atom stereocenters. The van der Waals surface area contributed by atoms with E-state index >= 15 is 0 Å². The maximum absolute atomic E-state index is 11.6. The van der Waals surface area contributed by atoms with E-state index in [1.54, 1.807) is 6.08 Å². The molecular weight excluding hydrogens is 180 g/mol. The molecule has 0 saturated heterocycles. The Kier molecular flexibility index (Phi) is 3.69. The second kappa shape index (κ2) is 4.60. The van der Waals surface area contributed by atoms with Crippen molar-refractivity contribution in [2.75, 3.05) is 6.61 Å². The average Bonchev–Trinajstić information content (AvgIpc) is 2.19. The first-order chi connectivity index (χ1) is 6.58. The molecule has 0 spiro atoms. The number of esters is 1. The van der Waals surface area contributed by atoms with E-state index in [-0.39, 0.29) is 18.7 Å². The van der Waals surface area contributed by atoms with Crippen molar-refractivity contribution >= 4 is 5.97 Å². The smallest absolute Gasteiger partial charge is 0.312 e. The normalized spacial score (nSPS) is 32.3. The summed E-state index contributed by atoms with van der Waals surface area (Å²) in [7, 11) is 0. The van der Waals surface area contributed by atoms with Gasteiger partial charge in [-0.25, -0.2) is 0 Å². The largest absolute Gasteiger partial charge is 0.461 e. The maximum atomic E-state index is 11.6. The summed E-state index contributed by atoms with van der Waals surface area (Å²) < 4.78 is 5.03. The van der Waals surface area contributed by atoms with Gasteiger partial charge in [0.2, 0.25) is 0 Å². The van der Waals surface area contributed by atoms with Gasteiger partial charge in [-0.1, -0.05) is 12.7 Å².